The molecule has 0 aliphatic carbocycles. The van der Waals surface area contributed by atoms with Crippen LogP contribution in [0.15, 0.2) is 29.6 Å². The normalized spacial score (nSPS) is 10.4. The molecule has 29 heavy (non-hydrogen) atoms. The zero-order chi connectivity index (χ0) is 21.0. The summed E-state index contributed by atoms with van der Waals surface area (Å²) in [5.74, 6) is -0.560. The number of benzene rings is 1. The van der Waals surface area contributed by atoms with Gasteiger partial charge in [-0.2, -0.15) is 4.98 Å². The minimum absolute atomic E-state index is 0.0914. The van der Waals surface area contributed by atoms with Gasteiger partial charge in [0.15, 0.2) is 23.0 Å². The Bertz CT molecular complexity index is 998. The smallest absolute Gasteiger partial charge is 0.274 e. The zero-order valence-corrected chi connectivity index (χ0v) is 16.7. The van der Waals surface area contributed by atoms with Crippen LogP contribution in [-0.4, -0.2) is 47.4 Å². The van der Waals surface area contributed by atoms with Crippen LogP contribution in [0.2, 0.25) is 0 Å². The number of rotatable bonds is 7. The van der Waals surface area contributed by atoms with Crippen LogP contribution < -0.4 is 19.5 Å². The number of thiophene rings is 1. The van der Waals surface area contributed by atoms with E-state index in [9.17, 15) is 15.0 Å². The fourth-order valence-electron chi connectivity index (χ4n) is 2.62. The van der Waals surface area contributed by atoms with E-state index in [1.54, 1.807) is 24.3 Å². The molecule has 3 rings (SSSR count). The minimum Gasteiger partial charge on any atom is -0.501 e. The van der Waals surface area contributed by atoms with E-state index in [1.165, 1.54) is 32.7 Å². The number of aromatic hydroxyl groups is 2. The molecule has 3 aromatic rings. The fourth-order valence-corrected chi connectivity index (χ4v) is 3.28. The molecule has 0 spiro atoms. The van der Waals surface area contributed by atoms with Crippen LogP contribution >= 0.6 is 11.3 Å². The van der Waals surface area contributed by atoms with E-state index in [0.717, 1.165) is 0 Å². The first-order valence-corrected chi connectivity index (χ1v) is 9.27. The third-order valence-corrected chi connectivity index (χ3v) is 4.87. The van der Waals surface area contributed by atoms with E-state index in [0.29, 0.717) is 27.7 Å². The number of hydrogen-bond donors (Lipinski definition) is 3. The van der Waals surface area contributed by atoms with Crippen LogP contribution in [0.1, 0.15) is 16.1 Å². The van der Waals surface area contributed by atoms with Gasteiger partial charge in [-0.3, -0.25) is 4.79 Å². The van der Waals surface area contributed by atoms with Gasteiger partial charge in [0, 0.05) is 6.54 Å². The summed E-state index contributed by atoms with van der Waals surface area (Å²) in [4.78, 5) is 21.1. The Labute approximate surface area is 170 Å². The zero-order valence-electron chi connectivity index (χ0n) is 15.9. The maximum absolute atomic E-state index is 12.6. The van der Waals surface area contributed by atoms with Crippen molar-refractivity contribution in [1.29, 1.82) is 0 Å². The van der Waals surface area contributed by atoms with Crippen molar-refractivity contribution in [2.75, 3.05) is 21.3 Å². The average Bonchev–Trinajstić information content (AvgIpc) is 3.27. The maximum Gasteiger partial charge on any atom is 0.274 e. The Hall–Kier alpha value is -3.53. The minimum atomic E-state index is -0.687. The van der Waals surface area contributed by atoms with Crippen molar-refractivity contribution in [2.45, 2.75) is 6.54 Å². The Kier molecular flexibility index (Phi) is 6.03. The lowest BCUT2D eigenvalue weighted by Gasteiger charge is -2.14. The first-order chi connectivity index (χ1) is 14.0. The van der Waals surface area contributed by atoms with Gasteiger partial charge in [0.2, 0.25) is 11.5 Å². The summed E-state index contributed by atoms with van der Waals surface area (Å²) in [6, 6.07) is 6.91. The van der Waals surface area contributed by atoms with Crippen molar-refractivity contribution in [3.8, 4) is 39.6 Å². The molecule has 2 aromatic heterocycles. The molecule has 0 bridgehead atoms. The largest absolute Gasteiger partial charge is 0.501 e. The number of hydrogen-bond acceptors (Lipinski definition) is 9. The van der Waals surface area contributed by atoms with Gasteiger partial charge < -0.3 is 29.7 Å². The van der Waals surface area contributed by atoms with Gasteiger partial charge in [-0.05, 0) is 29.1 Å². The third kappa shape index (κ3) is 4.16. The Morgan fingerprint density at radius 3 is 2.34 bits per heavy atom. The van der Waals surface area contributed by atoms with Crippen molar-refractivity contribution in [3.05, 3.63) is 40.9 Å². The molecule has 0 radical (unpaired) electrons. The quantitative estimate of drug-likeness (QED) is 0.536. The second-order valence-electron chi connectivity index (χ2n) is 5.76. The summed E-state index contributed by atoms with van der Waals surface area (Å²) < 4.78 is 15.9. The molecule has 0 saturated heterocycles. The van der Waals surface area contributed by atoms with E-state index in [4.69, 9.17) is 14.2 Å². The van der Waals surface area contributed by atoms with Crippen LogP contribution in [0.5, 0.6) is 28.9 Å². The highest BCUT2D eigenvalue weighted by Crippen LogP contribution is 2.38. The second-order valence-corrected chi connectivity index (χ2v) is 6.71. The van der Waals surface area contributed by atoms with Gasteiger partial charge in [-0.1, -0.05) is 6.07 Å². The highest BCUT2D eigenvalue weighted by atomic mass is 32.1. The molecule has 152 valence electrons. The first-order valence-electron chi connectivity index (χ1n) is 8.39. The van der Waals surface area contributed by atoms with Crippen molar-refractivity contribution >= 4 is 17.2 Å². The standard InChI is InChI=1S/C19H19N3O6S/c1-26-11-7-10(8-12(27-2)16(11)28-3)9-20-18(24)14-15(23)19(25)22-17(21-14)13-5-4-6-29-13/h4-8,23H,9H2,1-3H3,(H,20,24)(H,21,22,25). The molecular weight excluding hydrogens is 398 g/mol. The Morgan fingerprint density at radius 1 is 1.10 bits per heavy atom. The molecule has 0 saturated carbocycles. The highest BCUT2D eigenvalue weighted by molar-refractivity contribution is 7.13. The molecule has 0 aliphatic rings. The lowest BCUT2D eigenvalue weighted by Crippen LogP contribution is -2.24. The summed E-state index contributed by atoms with van der Waals surface area (Å²) in [6.07, 6.45) is 0. The summed E-state index contributed by atoms with van der Waals surface area (Å²) >= 11 is 1.34. The predicted molar refractivity (Wildman–Crippen MR) is 106 cm³/mol. The van der Waals surface area contributed by atoms with Crippen LogP contribution in [0, 0.1) is 0 Å². The number of amides is 1. The lowest BCUT2D eigenvalue weighted by atomic mass is 10.1. The number of methoxy groups -OCH3 is 3. The SMILES string of the molecule is COc1cc(CNC(=O)c2nc(-c3cccs3)nc(O)c2O)cc(OC)c1OC. The van der Waals surface area contributed by atoms with Gasteiger partial charge in [0.25, 0.3) is 11.8 Å². The number of nitrogens with one attached hydrogen (secondary N) is 1. The van der Waals surface area contributed by atoms with Crippen LogP contribution in [0.25, 0.3) is 10.7 Å². The molecule has 0 aliphatic heterocycles. The lowest BCUT2D eigenvalue weighted by molar-refractivity contribution is 0.0941. The summed E-state index contributed by atoms with van der Waals surface area (Å²) in [5, 5.41) is 24.4. The maximum atomic E-state index is 12.6. The third-order valence-electron chi connectivity index (χ3n) is 4.00. The van der Waals surface area contributed by atoms with Crippen molar-refractivity contribution in [2.24, 2.45) is 0 Å². The van der Waals surface area contributed by atoms with Gasteiger partial charge in [0.1, 0.15) is 0 Å². The first kappa shape index (κ1) is 20.2. The molecule has 1 aromatic carbocycles. The van der Waals surface area contributed by atoms with Crippen molar-refractivity contribution in [3.63, 3.8) is 0 Å². The van der Waals surface area contributed by atoms with Crippen LogP contribution in [0.4, 0.5) is 0 Å². The van der Waals surface area contributed by atoms with Crippen LogP contribution in [0.3, 0.4) is 0 Å². The predicted octanol–water partition coefficient (Wildman–Crippen LogP) is 2.57. The topological polar surface area (TPSA) is 123 Å². The Balaban J connectivity index is 1.85. The number of aromatic nitrogens is 2. The van der Waals surface area contributed by atoms with E-state index < -0.39 is 17.5 Å². The summed E-state index contributed by atoms with van der Waals surface area (Å²) in [7, 11) is 4.48. The molecule has 2 heterocycles. The molecule has 10 heteroatoms. The summed E-state index contributed by atoms with van der Waals surface area (Å²) in [5.41, 5.74) is 0.345. The average molecular weight is 417 g/mol. The van der Waals surface area contributed by atoms with Gasteiger partial charge in [0.05, 0.1) is 26.2 Å². The molecule has 0 unspecified atom stereocenters. The molecule has 9 nitrogen and oxygen atoms in total. The molecule has 0 fully saturated rings. The van der Waals surface area contributed by atoms with Crippen molar-refractivity contribution < 1.29 is 29.2 Å². The van der Waals surface area contributed by atoms with Gasteiger partial charge in [-0.25, -0.2) is 4.98 Å². The molecular formula is C19H19N3O6S. The van der Waals surface area contributed by atoms with E-state index >= 15 is 0 Å². The van der Waals surface area contributed by atoms with Gasteiger partial charge >= 0.3 is 0 Å². The van der Waals surface area contributed by atoms with Gasteiger partial charge in [-0.15, -0.1) is 11.3 Å². The summed E-state index contributed by atoms with van der Waals surface area (Å²) in [6.45, 7) is 0.0914. The molecule has 0 atom stereocenters. The molecule has 3 N–H and O–H groups in total. The number of carbonyl (C=O) groups excluding carboxylic acids is 1. The molecule has 1 amide bonds. The van der Waals surface area contributed by atoms with Crippen LogP contribution in [-0.2, 0) is 6.54 Å². The van der Waals surface area contributed by atoms with E-state index in [2.05, 4.69) is 15.3 Å². The number of nitrogens with zero attached hydrogens (tertiary/aromatic N) is 2. The van der Waals surface area contributed by atoms with Crippen molar-refractivity contribution in [1.82, 2.24) is 15.3 Å². The fraction of sp³-hybridized carbons (Fsp3) is 0.211. The number of carbonyl (C=O) groups is 1. The highest BCUT2D eigenvalue weighted by Gasteiger charge is 2.21. The second kappa shape index (κ2) is 8.65. The van der Waals surface area contributed by atoms with E-state index in [1.807, 2.05) is 5.38 Å². The van der Waals surface area contributed by atoms with E-state index in [-0.39, 0.29) is 18.1 Å². The Morgan fingerprint density at radius 2 is 1.79 bits per heavy atom. The monoisotopic (exact) mass is 417 g/mol. The number of ether oxygens (including phenoxy) is 3.